The monoisotopic (exact) mass is 559 g/mol. The van der Waals surface area contributed by atoms with E-state index in [9.17, 15) is 22.8 Å². The van der Waals surface area contributed by atoms with Gasteiger partial charge in [0.15, 0.2) is 0 Å². The molecule has 1 amide bonds. The number of aromatic nitrogens is 2. The molecular weight excluding hydrogens is 527 g/mol. The van der Waals surface area contributed by atoms with Crippen molar-refractivity contribution in [1.29, 1.82) is 0 Å². The van der Waals surface area contributed by atoms with E-state index < -0.39 is 12.3 Å². The number of ether oxygens (including phenoxy) is 2. The molecule has 1 saturated carbocycles. The number of aliphatic carboxylic acids is 1. The minimum atomic E-state index is -4.77. The van der Waals surface area contributed by atoms with Crippen molar-refractivity contribution in [2.75, 3.05) is 13.7 Å². The number of hydrogen-bond acceptors (Lipinski definition) is 5. The van der Waals surface area contributed by atoms with Crippen molar-refractivity contribution in [3.05, 3.63) is 77.1 Å². The van der Waals surface area contributed by atoms with Gasteiger partial charge in [-0.15, -0.1) is 13.2 Å². The summed E-state index contributed by atoms with van der Waals surface area (Å²) in [6, 6.07) is 12.8. The van der Waals surface area contributed by atoms with Gasteiger partial charge < -0.3 is 19.9 Å². The number of nitrogens with one attached hydrogen (secondary N) is 1. The number of halogens is 3. The van der Waals surface area contributed by atoms with Crippen LogP contribution in [0.15, 0.2) is 54.7 Å². The molecule has 8 nitrogen and oxygen atoms in total. The van der Waals surface area contributed by atoms with Crippen LogP contribution >= 0.6 is 0 Å². The molecule has 40 heavy (non-hydrogen) atoms. The molecule has 11 heteroatoms. The van der Waals surface area contributed by atoms with E-state index in [-0.39, 0.29) is 37.1 Å². The van der Waals surface area contributed by atoms with Crippen molar-refractivity contribution in [3.63, 3.8) is 0 Å². The van der Waals surface area contributed by atoms with Gasteiger partial charge >= 0.3 is 12.3 Å². The molecule has 0 spiro atoms. The Kier molecular flexibility index (Phi) is 9.46. The zero-order valence-corrected chi connectivity index (χ0v) is 22.1. The van der Waals surface area contributed by atoms with E-state index >= 15 is 0 Å². The van der Waals surface area contributed by atoms with E-state index in [1.807, 2.05) is 18.3 Å². The van der Waals surface area contributed by atoms with Gasteiger partial charge in [-0.1, -0.05) is 31.4 Å². The number of benzene rings is 2. The normalized spacial score (nSPS) is 15.0. The van der Waals surface area contributed by atoms with Gasteiger partial charge in [-0.2, -0.15) is 5.10 Å². The molecule has 214 valence electrons. The van der Waals surface area contributed by atoms with Crippen LogP contribution in [0.4, 0.5) is 13.2 Å². The summed E-state index contributed by atoms with van der Waals surface area (Å²) in [5.74, 6) is -1.33. The Morgan fingerprint density at radius 1 is 1.07 bits per heavy atom. The molecule has 2 aromatic carbocycles. The molecule has 0 radical (unpaired) electrons. The maximum Gasteiger partial charge on any atom is 0.573 e. The second-order valence-electron chi connectivity index (χ2n) is 9.85. The fourth-order valence-electron chi connectivity index (χ4n) is 5.26. The Morgan fingerprint density at radius 2 is 1.75 bits per heavy atom. The molecule has 3 aromatic rings. The van der Waals surface area contributed by atoms with Crippen molar-refractivity contribution in [1.82, 2.24) is 15.1 Å². The third kappa shape index (κ3) is 7.62. The van der Waals surface area contributed by atoms with Crippen LogP contribution < -0.4 is 10.1 Å². The highest BCUT2D eigenvalue weighted by molar-refractivity contribution is 5.94. The highest BCUT2D eigenvalue weighted by Crippen LogP contribution is 2.42. The Hall–Kier alpha value is -3.86. The number of methoxy groups -OCH3 is 1. The minimum Gasteiger partial charge on any atom is -0.481 e. The van der Waals surface area contributed by atoms with Gasteiger partial charge in [0.05, 0.1) is 24.4 Å². The number of carbonyl (C=O) groups is 2. The van der Waals surface area contributed by atoms with Gasteiger partial charge in [-0.3, -0.25) is 9.59 Å². The molecule has 1 unspecified atom stereocenters. The summed E-state index contributed by atoms with van der Waals surface area (Å²) in [6.45, 7) is 0.300. The van der Waals surface area contributed by atoms with Crippen molar-refractivity contribution in [2.45, 2.75) is 57.4 Å². The summed E-state index contributed by atoms with van der Waals surface area (Å²) in [5, 5.41) is 16.1. The summed E-state index contributed by atoms with van der Waals surface area (Å²) in [6.07, 6.45) is 2.44. The lowest BCUT2D eigenvalue weighted by molar-refractivity contribution is -0.274. The molecule has 0 aliphatic heterocycles. The predicted molar refractivity (Wildman–Crippen MR) is 140 cm³/mol. The quantitative estimate of drug-likeness (QED) is 0.306. The molecule has 2 N–H and O–H groups in total. The fourth-order valence-corrected chi connectivity index (χ4v) is 5.26. The average molecular weight is 560 g/mol. The summed E-state index contributed by atoms with van der Waals surface area (Å²) in [4.78, 5) is 23.2. The molecule has 1 aliphatic carbocycles. The average Bonchev–Trinajstić information content (AvgIpc) is 3.32. The lowest BCUT2D eigenvalue weighted by Gasteiger charge is -2.31. The number of carbonyl (C=O) groups excluding carboxylic acids is 1. The highest BCUT2D eigenvalue weighted by Gasteiger charge is 2.32. The molecule has 0 bridgehead atoms. The van der Waals surface area contributed by atoms with E-state index in [4.69, 9.17) is 14.9 Å². The lowest BCUT2D eigenvalue weighted by Crippen LogP contribution is -2.26. The van der Waals surface area contributed by atoms with Crippen molar-refractivity contribution in [3.8, 4) is 11.4 Å². The van der Waals surface area contributed by atoms with Crippen LogP contribution in [0.5, 0.6) is 5.75 Å². The number of nitrogens with zero attached hydrogens (tertiary/aromatic N) is 2. The molecule has 1 atom stereocenters. The summed E-state index contributed by atoms with van der Waals surface area (Å²) in [7, 11) is 1.58. The maximum absolute atomic E-state index is 12.6. The number of amides is 1. The van der Waals surface area contributed by atoms with E-state index in [0.717, 1.165) is 42.5 Å². The van der Waals surface area contributed by atoms with Crippen LogP contribution in [-0.2, 0) is 16.1 Å². The smallest absolute Gasteiger partial charge is 0.481 e. The van der Waals surface area contributed by atoms with Crippen molar-refractivity contribution >= 4 is 11.9 Å². The van der Waals surface area contributed by atoms with Crippen molar-refractivity contribution in [2.24, 2.45) is 5.92 Å². The van der Waals surface area contributed by atoms with E-state index in [2.05, 4.69) is 10.1 Å². The van der Waals surface area contributed by atoms with Crippen LogP contribution in [0.3, 0.4) is 0 Å². The van der Waals surface area contributed by atoms with Crippen LogP contribution in [-0.4, -0.2) is 46.8 Å². The van der Waals surface area contributed by atoms with E-state index in [1.54, 1.807) is 23.9 Å². The van der Waals surface area contributed by atoms with E-state index in [0.29, 0.717) is 17.2 Å². The van der Waals surface area contributed by atoms with Crippen LogP contribution in [0.1, 0.15) is 71.6 Å². The van der Waals surface area contributed by atoms with Crippen LogP contribution in [0.2, 0.25) is 0 Å². The Labute approximate surface area is 230 Å². The minimum absolute atomic E-state index is 0.0313. The molecule has 0 saturated heterocycles. The number of rotatable bonds is 11. The Morgan fingerprint density at radius 3 is 2.35 bits per heavy atom. The number of carboxylic acids is 1. The first-order valence-corrected chi connectivity index (χ1v) is 13.2. The Bertz CT molecular complexity index is 1280. The highest BCUT2D eigenvalue weighted by atomic mass is 19.4. The first-order chi connectivity index (χ1) is 19.1. The predicted octanol–water partition coefficient (Wildman–Crippen LogP) is 5.83. The van der Waals surface area contributed by atoms with Gasteiger partial charge in [0.1, 0.15) is 5.75 Å². The van der Waals surface area contributed by atoms with Gasteiger partial charge in [0.25, 0.3) is 5.91 Å². The largest absolute Gasteiger partial charge is 0.573 e. The standard InChI is InChI=1S/C29H32F3N3O5/c1-39-18-25-24(17-35(34-25)22-11-13-23(14-12-22)40-29(30,31)32)27(19-5-3-2-4-6-19)20-7-9-21(10-8-20)28(38)33-16-15-26(36)37/h7-14,17,19,27H,2-6,15-16,18H2,1H3,(H,33,38)(H,36,37). The topological polar surface area (TPSA) is 103 Å². The fraction of sp³-hybridized carbons (Fsp3) is 0.414. The summed E-state index contributed by atoms with van der Waals surface area (Å²) in [5.41, 5.74) is 3.71. The molecule has 1 heterocycles. The van der Waals surface area contributed by atoms with Gasteiger partial charge in [-0.05, 0) is 60.7 Å². The first kappa shape index (κ1) is 29.1. The number of alkyl halides is 3. The second kappa shape index (κ2) is 13.0. The lowest BCUT2D eigenvalue weighted by atomic mass is 9.73. The van der Waals surface area contributed by atoms with Crippen molar-refractivity contribution < 1.29 is 37.3 Å². The number of hydrogen-bond donors (Lipinski definition) is 2. The van der Waals surface area contributed by atoms with Crippen LogP contribution in [0, 0.1) is 5.92 Å². The zero-order valence-electron chi connectivity index (χ0n) is 22.1. The summed E-state index contributed by atoms with van der Waals surface area (Å²) >= 11 is 0. The first-order valence-electron chi connectivity index (χ1n) is 13.2. The second-order valence-corrected chi connectivity index (χ2v) is 9.85. The molecule has 1 fully saturated rings. The zero-order chi connectivity index (χ0) is 28.7. The van der Waals surface area contributed by atoms with Gasteiger partial charge in [0, 0.05) is 36.9 Å². The van der Waals surface area contributed by atoms with Crippen LogP contribution in [0.25, 0.3) is 5.69 Å². The van der Waals surface area contributed by atoms with Gasteiger partial charge in [0.2, 0.25) is 0 Å². The molecule has 1 aromatic heterocycles. The maximum atomic E-state index is 12.6. The van der Waals surface area contributed by atoms with Gasteiger partial charge in [-0.25, -0.2) is 4.68 Å². The summed E-state index contributed by atoms with van der Waals surface area (Å²) < 4.78 is 48.8. The molecular formula is C29H32F3N3O5. The Balaban J connectivity index is 1.65. The SMILES string of the molecule is COCc1nn(-c2ccc(OC(F)(F)F)cc2)cc1C(c1ccc(C(=O)NCCC(=O)O)cc1)C1CCCCC1. The number of carboxylic acid groups (broad SMARTS) is 1. The molecule has 4 rings (SSSR count). The third-order valence-corrected chi connectivity index (χ3v) is 7.05. The molecule has 1 aliphatic rings. The van der Waals surface area contributed by atoms with E-state index in [1.165, 1.54) is 30.7 Å². The third-order valence-electron chi connectivity index (χ3n) is 7.05.